The summed E-state index contributed by atoms with van der Waals surface area (Å²) in [5.41, 5.74) is 4.94. The van der Waals surface area contributed by atoms with Crippen molar-refractivity contribution in [2.24, 2.45) is 11.7 Å². The molecule has 0 saturated carbocycles. The molecule has 2 N–H and O–H groups in total. The van der Waals surface area contributed by atoms with Crippen molar-refractivity contribution in [2.75, 3.05) is 6.61 Å². The van der Waals surface area contributed by atoms with E-state index in [9.17, 15) is 13.2 Å². The van der Waals surface area contributed by atoms with Gasteiger partial charge in [0.05, 0.1) is 17.7 Å². The maximum absolute atomic E-state index is 12.2. The van der Waals surface area contributed by atoms with Gasteiger partial charge < -0.3 is 10.5 Å². The highest BCUT2D eigenvalue weighted by Crippen LogP contribution is 2.26. The molecular weight excluding hydrogens is 203 g/mol. The van der Waals surface area contributed by atoms with E-state index in [4.69, 9.17) is 10.5 Å². The normalized spacial score (nSPS) is 14.6. The highest BCUT2D eigenvalue weighted by atomic mass is 32.1. The summed E-state index contributed by atoms with van der Waals surface area (Å²) in [5, 5.41) is 0. The number of rotatable bonds is 4. The van der Waals surface area contributed by atoms with Crippen molar-refractivity contribution in [3.63, 3.8) is 0 Å². The predicted molar refractivity (Wildman–Crippen MR) is 47.4 cm³/mol. The highest BCUT2D eigenvalue weighted by molar-refractivity contribution is 7.80. The second kappa shape index (κ2) is 4.76. The quantitative estimate of drug-likeness (QED) is 0.727. The molecule has 0 aromatic rings. The zero-order chi connectivity index (χ0) is 10.6. The Morgan fingerprint density at radius 1 is 1.46 bits per heavy atom. The summed E-state index contributed by atoms with van der Waals surface area (Å²) in [7, 11) is 0. The van der Waals surface area contributed by atoms with E-state index in [0.717, 1.165) is 0 Å². The van der Waals surface area contributed by atoms with E-state index in [0.29, 0.717) is 0 Å². The Kier molecular flexibility index (Phi) is 4.63. The van der Waals surface area contributed by atoms with Gasteiger partial charge in [-0.2, -0.15) is 13.2 Å². The average Bonchev–Trinajstić information content (AvgIpc) is 1.81. The molecular formula is C7H12F3NOS. The molecule has 78 valence electrons. The number of hydrogen-bond acceptors (Lipinski definition) is 2. The van der Waals surface area contributed by atoms with Gasteiger partial charge in [0.25, 0.3) is 0 Å². The lowest BCUT2D eigenvalue weighted by Crippen LogP contribution is -2.38. The van der Waals surface area contributed by atoms with E-state index in [1.54, 1.807) is 13.8 Å². The first-order valence-corrected chi connectivity index (χ1v) is 4.13. The molecule has 13 heavy (non-hydrogen) atoms. The summed E-state index contributed by atoms with van der Waals surface area (Å²) < 4.78 is 41.3. The van der Waals surface area contributed by atoms with Crippen molar-refractivity contribution in [1.29, 1.82) is 0 Å². The van der Waals surface area contributed by atoms with Crippen molar-refractivity contribution < 1.29 is 17.9 Å². The third kappa shape index (κ3) is 5.05. The number of halogens is 3. The van der Waals surface area contributed by atoms with Crippen LogP contribution in [0.2, 0.25) is 0 Å². The Hall–Kier alpha value is -0.360. The monoisotopic (exact) mass is 215 g/mol. The molecule has 0 spiro atoms. The summed E-state index contributed by atoms with van der Waals surface area (Å²) in [5.74, 6) is -1.84. The Bertz CT molecular complexity index is 181. The van der Waals surface area contributed by atoms with Crippen LogP contribution in [0.15, 0.2) is 0 Å². The minimum atomic E-state index is -4.42. The maximum atomic E-state index is 12.2. The largest absolute Gasteiger partial charge is 0.400 e. The fraction of sp³-hybridized carbons (Fsp3) is 0.857. The SMILES string of the molecule is CC(C)OCC(C(N)=S)C(F)(F)F. The zero-order valence-electron chi connectivity index (χ0n) is 7.39. The van der Waals surface area contributed by atoms with Crippen molar-refractivity contribution >= 4 is 17.2 Å². The molecule has 0 aliphatic carbocycles. The number of hydrogen-bond donors (Lipinski definition) is 1. The Labute approximate surface area is 80.2 Å². The molecule has 0 amide bonds. The molecule has 6 heteroatoms. The molecule has 1 atom stereocenters. The zero-order valence-corrected chi connectivity index (χ0v) is 8.21. The standard InChI is InChI=1S/C7H12F3NOS/c1-4(2)12-3-5(6(11)13)7(8,9)10/h4-5H,3H2,1-2H3,(H2,11,13). The third-order valence-corrected chi connectivity index (χ3v) is 1.62. The van der Waals surface area contributed by atoms with Crippen molar-refractivity contribution in [3.8, 4) is 0 Å². The fourth-order valence-electron chi connectivity index (χ4n) is 0.627. The minimum Gasteiger partial charge on any atom is -0.393 e. The van der Waals surface area contributed by atoms with Crippen LogP contribution in [0.5, 0.6) is 0 Å². The Balaban J connectivity index is 4.20. The summed E-state index contributed by atoms with van der Waals surface area (Å²) in [6, 6.07) is 0. The second-order valence-electron chi connectivity index (χ2n) is 2.88. The van der Waals surface area contributed by atoms with Crippen LogP contribution in [0, 0.1) is 5.92 Å². The number of ether oxygens (including phenoxy) is 1. The Morgan fingerprint density at radius 2 is 1.92 bits per heavy atom. The van der Waals surface area contributed by atoms with Crippen LogP contribution in [0.25, 0.3) is 0 Å². The Morgan fingerprint density at radius 3 is 2.15 bits per heavy atom. The predicted octanol–water partition coefficient (Wildman–Crippen LogP) is 1.88. The first-order valence-electron chi connectivity index (χ1n) is 3.72. The van der Waals surface area contributed by atoms with E-state index in [1.807, 2.05) is 0 Å². The molecule has 0 aliphatic rings. The first kappa shape index (κ1) is 12.6. The van der Waals surface area contributed by atoms with Gasteiger partial charge in [0.2, 0.25) is 0 Å². The molecule has 0 fully saturated rings. The van der Waals surface area contributed by atoms with E-state index < -0.39 is 23.7 Å². The van der Waals surface area contributed by atoms with Gasteiger partial charge in [0, 0.05) is 0 Å². The molecule has 0 radical (unpaired) electrons. The van der Waals surface area contributed by atoms with Crippen LogP contribution in [-0.4, -0.2) is 23.9 Å². The van der Waals surface area contributed by atoms with Crippen LogP contribution >= 0.6 is 12.2 Å². The topological polar surface area (TPSA) is 35.2 Å². The summed E-state index contributed by atoms with van der Waals surface area (Å²) >= 11 is 4.29. The van der Waals surface area contributed by atoms with Crippen molar-refractivity contribution in [2.45, 2.75) is 26.1 Å². The van der Waals surface area contributed by atoms with Crippen LogP contribution in [0.4, 0.5) is 13.2 Å². The van der Waals surface area contributed by atoms with E-state index >= 15 is 0 Å². The molecule has 0 bridgehead atoms. The molecule has 2 nitrogen and oxygen atoms in total. The number of alkyl halides is 3. The molecule has 0 rings (SSSR count). The summed E-state index contributed by atoms with van der Waals surface area (Å²) in [4.78, 5) is -0.576. The van der Waals surface area contributed by atoms with Gasteiger partial charge in [-0.25, -0.2) is 0 Å². The van der Waals surface area contributed by atoms with Crippen LogP contribution in [0.3, 0.4) is 0 Å². The summed E-state index contributed by atoms with van der Waals surface area (Å²) in [6.45, 7) is 2.79. The first-order chi connectivity index (χ1) is 5.75. The smallest absolute Gasteiger partial charge is 0.393 e. The van der Waals surface area contributed by atoms with Crippen molar-refractivity contribution in [3.05, 3.63) is 0 Å². The number of nitrogens with two attached hydrogens (primary N) is 1. The van der Waals surface area contributed by atoms with Gasteiger partial charge in [-0.1, -0.05) is 12.2 Å². The van der Waals surface area contributed by atoms with Gasteiger partial charge in [-0.3, -0.25) is 0 Å². The van der Waals surface area contributed by atoms with Gasteiger partial charge in [0.15, 0.2) is 0 Å². The molecule has 0 heterocycles. The second-order valence-corrected chi connectivity index (χ2v) is 3.35. The van der Waals surface area contributed by atoms with Crippen LogP contribution in [-0.2, 0) is 4.74 Å². The van der Waals surface area contributed by atoms with Crippen LogP contribution < -0.4 is 5.73 Å². The van der Waals surface area contributed by atoms with Crippen molar-refractivity contribution in [1.82, 2.24) is 0 Å². The molecule has 0 aromatic heterocycles. The number of thiocarbonyl (C=S) groups is 1. The summed E-state index contributed by atoms with van der Waals surface area (Å²) in [6.07, 6.45) is -4.68. The van der Waals surface area contributed by atoms with Crippen LogP contribution in [0.1, 0.15) is 13.8 Å². The fourth-order valence-corrected chi connectivity index (χ4v) is 0.828. The maximum Gasteiger partial charge on any atom is 0.400 e. The minimum absolute atomic E-state index is 0.265. The molecule has 0 aromatic carbocycles. The third-order valence-electron chi connectivity index (χ3n) is 1.33. The lowest BCUT2D eigenvalue weighted by Gasteiger charge is -2.19. The van der Waals surface area contributed by atoms with E-state index in [-0.39, 0.29) is 6.10 Å². The molecule has 0 saturated heterocycles. The highest BCUT2D eigenvalue weighted by Gasteiger charge is 2.41. The average molecular weight is 215 g/mol. The lowest BCUT2D eigenvalue weighted by atomic mass is 10.1. The van der Waals surface area contributed by atoms with E-state index in [1.165, 1.54) is 0 Å². The lowest BCUT2D eigenvalue weighted by molar-refractivity contribution is -0.170. The molecule has 0 aliphatic heterocycles. The van der Waals surface area contributed by atoms with Gasteiger partial charge in [-0.05, 0) is 13.8 Å². The molecule has 1 unspecified atom stereocenters. The van der Waals surface area contributed by atoms with Gasteiger partial charge in [0.1, 0.15) is 5.92 Å². The van der Waals surface area contributed by atoms with Gasteiger partial charge >= 0.3 is 6.18 Å². The van der Waals surface area contributed by atoms with E-state index in [2.05, 4.69) is 12.2 Å². The van der Waals surface area contributed by atoms with Gasteiger partial charge in [-0.15, -0.1) is 0 Å².